The van der Waals surface area contributed by atoms with E-state index in [1.54, 1.807) is 50.4 Å². The van der Waals surface area contributed by atoms with E-state index < -0.39 is 0 Å². The van der Waals surface area contributed by atoms with Crippen LogP contribution in [-0.2, 0) is 11.3 Å². The van der Waals surface area contributed by atoms with Gasteiger partial charge in [0.15, 0.2) is 0 Å². The fraction of sp³-hybridized carbons (Fsp3) is 0.235. The first-order valence-electron chi connectivity index (χ1n) is 7.20. The summed E-state index contributed by atoms with van der Waals surface area (Å²) >= 11 is 1.29. The number of aromatic nitrogens is 1. The minimum atomic E-state index is -0.205. The van der Waals surface area contributed by atoms with E-state index in [0.717, 1.165) is 5.56 Å². The summed E-state index contributed by atoms with van der Waals surface area (Å²) in [5, 5.41) is 1.86. The van der Waals surface area contributed by atoms with Crippen molar-refractivity contribution < 1.29 is 14.3 Å². The van der Waals surface area contributed by atoms with Crippen LogP contribution in [0.3, 0.4) is 0 Å². The predicted octanol–water partition coefficient (Wildman–Crippen LogP) is 2.57. The number of rotatable bonds is 6. The second kappa shape index (κ2) is 7.74. The Morgan fingerprint density at radius 2 is 1.96 bits per heavy atom. The molecule has 0 spiro atoms. The van der Waals surface area contributed by atoms with Crippen molar-refractivity contribution in [3.05, 3.63) is 53.4 Å². The number of ether oxygens (including phenoxy) is 1. The molecule has 0 bridgehead atoms. The van der Waals surface area contributed by atoms with Gasteiger partial charge in [0, 0.05) is 36.3 Å². The molecule has 0 N–H and O–H groups in total. The van der Waals surface area contributed by atoms with Crippen LogP contribution >= 0.6 is 11.5 Å². The molecule has 2 rings (SSSR count). The van der Waals surface area contributed by atoms with Crippen LogP contribution in [0.2, 0.25) is 0 Å². The van der Waals surface area contributed by atoms with Gasteiger partial charge in [0.1, 0.15) is 0 Å². The number of amides is 2. The third-order valence-corrected chi connectivity index (χ3v) is 4.22. The van der Waals surface area contributed by atoms with Crippen molar-refractivity contribution in [2.45, 2.75) is 6.54 Å². The van der Waals surface area contributed by atoms with Crippen molar-refractivity contribution >= 4 is 29.0 Å². The molecular formula is C17H19N3O3S. The van der Waals surface area contributed by atoms with Crippen molar-refractivity contribution in [3.8, 4) is 5.88 Å². The van der Waals surface area contributed by atoms with E-state index in [9.17, 15) is 9.59 Å². The monoisotopic (exact) mass is 345 g/mol. The summed E-state index contributed by atoms with van der Waals surface area (Å²) in [6.45, 7) is 3.87. The van der Waals surface area contributed by atoms with E-state index in [4.69, 9.17) is 4.74 Å². The standard InChI is InChI=1S/C17H19N3O3S/c1-5-15(21)20(3)14-8-6-12(7-9-14)17(22)19(2)10-13-11-24-18-16(13)23-4/h5-9,11H,1,10H2,2-4H3. The third-order valence-electron chi connectivity index (χ3n) is 3.56. The first-order chi connectivity index (χ1) is 11.5. The summed E-state index contributed by atoms with van der Waals surface area (Å²) in [4.78, 5) is 27.2. The molecule has 1 aromatic carbocycles. The second-order valence-electron chi connectivity index (χ2n) is 5.16. The average Bonchev–Trinajstić information content (AvgIpc) is 3.06. The first kappa shape index (κ1) is 17.7. The number of hydrogen-bond acceptors (Lipinski definition) is 5. The summed E-state index contributed by atoms with van der Waals surface area (Å²) < 4.78 is 9.27. The van der Waals surface area contributed by atoms with E-state index in [1.165, 1.54) is 22.5 Å². The summed E-state index contributed by atoms with van der Waals surface area (Å²) in [5.74, 6) is 0.218. The van der Waals surface area contributed by atoms with E-state index >= 15 is 0 Å². The molecule has 0 aliphatic heterocycles. The minimum absolute atomic E-state index is 0.118. The number of benzene rings is 1. The van der Waals surface area contributed by atoms with E-state index in [2.05, 4.69) is 11.0 Å². The number of methoxy groups -OCH3 is 1. The molecule has 0 aliphatic carbocycles. The van der Waals surface area contributed by atoms with Crippen molar-refractivity contribution in [1.82, 2.24) is 9.27 Å². The molecule has 24 heavy (non-hydrogen) atoms. The Morgan fingerprint density at radius 3 is 2.54 bits per heavy atom. The summed E-state index contributed by atoms with van der Waals surface area (Å²) in [5.41, 5.74) is 2.11. The zero-order chi connectivity index (χ0) is 17.7. The van der Waals surface area contributed by atoms with Crippen LogP contribution in [0.1, 0.15) is 15.9 Å². The number of nitrogens with zero attached hydrogens (tertiary/aromatic N) is 3. The van der Waals surface area contributed by atoms with Crippen LogP contribution in [0.15, 0.2) is 42.3 Å². The summed E-state index contributed by atoms with van der Waals surface area (Å²) in [6.07, 6.45) is 1.25. The Balaban J connectivity index is 2.09. The quantitative estimate of drug-likeness (QED) is 0.755. The van der Waals surface area contributed by atoms with Crippen LogP contribution in [0, 0.1) is 0 Å². The fourth-order valence-corrected chi connectivity index (χ4v) is 2.80. The molecule has 1 heterocycles. The Morgan fingerprint density at radius 1 is 1.29 bits per heavy atom. The molecule has 0 unspecified atom stereocenters. The van der Waals surface area contributed by atoms with Crippen LogP contribution in [0.25, 0.3) is 0 Å². The number of likely N-dealkylation sites (N-methyl/N-ethyl adjacent to an activating group) is 1. The zero-order valence-corrected chi connectivity index (χ0v) is 14.7. The number of carbonyl (C=O) groups is 2. The van der Waals surface area contributed by atoms with Gasteiger partial charge < -0.3 is 14.5 Å². The summed E-state index contributed by atoms with van der Waals surface area (Å²) in [7, 11) is 4.93. The number of carbonyl (C=O) groups excluding carboxylic acids is 2. The van der Waals surface area contributed by atoms with Gasteiger partial charge in [-0.1, -0.05) is 6.58 Å². The van der Waals surface area contributed by atoms with Gasteiger partial charge in [-0.3, -0.25) is 9.59 Å². The van der Waals surface area contributed by atoms with Crippen molar-refractivity contribution in [2.75, 3.05) is 26.1 Å². The normalized spacial score (nSPS) is 10.1. The van der Waals surface area contributed by atoms with E-state index in [0.29, 0.717) is 23.7 Å². The molecule has 0 fully saturated rings. The highest BCUT2D eigenvalue weighted by Crippen LogP contribution is 2.21. The molecular weight excluding hydrogens is 326 g/mol. The van der Waals surface area contributed by atoms with Gasteiger partial charge in [-0.05, 0) is 41.9 Å². The first-order valence-corrected chi connectivity index (χ1v) is 8.04. The Hall–Kier alpha value is -2.67. The Bertz CT molecular complexity index is 740. The molecule has 0 atom stereocenters. The van der Waals surface area contributed by atoms with Gasteiger partial charge in [0.25, 0.3) is 5.91 Å². The lowest BCUT2D eigenvalue weighted by atomic mass is 10.1. The lowest BCUT2D eigenvalue weighted by Crippen LogP contribution is -2.26. The number of anilines is 1. The van der Waals surface area contributed by atoms with Crippen molar-refractivity contribution in [1.29, 1.82) is 0 Å². The van der Waals surface area contributed by atoms with Crippen LogP contribution in [0.4, 0.5) is 5.69 Å². The average molecular weight is 345 g/mol. The lowest BCUT2D eigenvalue weighted by molar-refractivity contribution is -0.113. The van der Waals surface area contributed by atoms with Gasteiger partial charge in [0.05, 0.1) is 13.7 Å². The molecule has 2 amide bonds. The molecule has 0 radical (unpaired) electrons. The molecule has 126 valence electrons. The molecule has 2 aromatic rings. The molecule has 7 heteroatoms. The molecule has 0 aliphatic rings. The highest BCUT2D eigenvalue weighted by molar-refractivity contribution is 7.03. The van der Waals surface area contributed by atoms with Gasteiger partial charge in [-0.25, -0.2) is 0 Å². The van der Waals surface area contributed by atoms with Gasteiger partial charge in [0.2, 0.25) is 11.8 Å². The molecule has 0 saturated heterocycles. The third kappa shape index (κ3) is 3.80. The highest BCUT2D eigenvalue weighted by Gasteiger charge is 2.16. The lowest BCUT2D eigenvalue weighted by Gasteiger charge is -2.18. The SMILES string of the molecule is C=CC(=O)N(C)c1ccc(C(=O)N(C)Cc2csnc2OC)cc1. The van der Waals surface area contributed by atoms with Gasteiger partial charge in [-0.2, -0.15) is 4.37 Å². The van der Waals surface area contributed by atoms with E-state index in [-0.39, 0.29) is 11.8 Å². The second-order valence-corrected chi connectivity index (χ2v) is 5.79. The van der Waals surface area contributed by atoms with Gasteiger partial charge in [-0.15, -0.1) is 0 Å². The van der Waals surface area contributed by atoms with Gasteiger partial charge >= 0.3 is 0 Å². The minimum Gasteiger partial charge on any atom is -0.480 e. The Kier molecular flexibility index (Phi) is 5.70. The Labute approximate surface area is 145 Å². The van der Waals surface area contributed by atoms with Crippen LogP contribution in [0.5, 0.6) is 5.88 Å². The molecule has 6 nitrogen and oxygen atoms in total. The fourth-order valence-electron chi connectivity index (χ4n) is 2.16. The largest absolute Gasteiger partial charge is 0.480 e. The van der Waals surface area contributed by atoms with Crippen LogP contribution in [-0.4, -0.2) is 42.3 Å². The topological polar surface area (TPSA) is 62.7 Å². The molecule has 0 saturated carbocycles. The highest BCUT2D eigenvalue weighted by atomic mass is 32.1. The van der Waals surface area contributed by atoms with E-state index in [1.807, 2.05) is 5.38 Å². The predicted molar refractivity (Wildman–Crippen MR) is 94.5 cm³/mol. The summed E-state index contributed by atoms with van der Waals surface area (Å²) in [6, 6.07) is 6.86. The van der Waals surface area contributed by atoms with Crippen molar-refractivity contribution in [2.24, 2.45) is 0 Å². The maximum Gasteiger partial charge on any atom is 0.253 e. The molecule has 1 aromatic heterocycles. The maximum atomic E-state index is 12.5. The van der Waals surface area contributed by atoms with Crippen LogP contribution < -0.4 is 9.64 Å². The number of hydrogen-bond donors (Lipinski definition) is 0. The van der Waals surface area contributed by atoms with Crippen molar-refractivity contribution in [3.63, 3.8) is 0 Å². The smallest absolute Gasteiger partial charge is 0.253 e. The maximum absolute atomic E-state index is 12.5. The zero-order valence-electron chi connectivity index (χ0n) is 13.9.